The lowest BCUT2D eigenvalue weighted by atomic mass is 9.93. The molecule has 0 N–H and O–H groups in total. The molecule has 15 heteroatoms. The molecule has 0 radical (unpaired) electrons. The molecule has 4 rings (SSSR count). The van der Waals surface area contributed by atoms with E-state index in [2.05, 4.69) is 0 Å². The smallest absolute Gasteiger partial charge is 0.227 e. The molecule has 0 aromatic heterocycles. The predicted octanol–water partition coefficient (Wildman–Crippen LogP) is 4.08. The van der Waals surface area contributed by atoms with Gasteiger partial charge in [0.25, 0.3) is 0 Å². The van der Waals surface area contributed by atoms with Crippen LogP contribution in [0.3, 0.4) is 0 Å². The average Bonchev–Trinajstić information content (AvgIpc) is 3.43. The van der Waals surface area contributed by atoms with E-state index in [0.717, 1.165) is 42.1 Å². The molecule has 31 heavy (non-hydrogen) atoms. The molecular weight excluding hydrogens is 517 g/mol. The van der Waals surface area contributed by atoms with Crippen molar-refractivity contribution >= 4 is 43.2 Å². The molecule has 4 nitrogen and oxygen atoms in total. The highest BCUT2D eigenvalue weighted by molar-refractivity contribution is 8.24. The van der Waals surface area contributed by atoms with Crippen molar-refractivity contribution in [3.05, 3.63) is 41.7 Å². The summed E-state index contributed by atoms with van der Waals surface area (Å²) in [6.45, 7) is 0. The van der Waals surface area contributed by atoms with Crippen LogP contribution in [0.4, 0.5) is 30.7 Å². The molecule has 3 aliphatic rings. The fourth-order valence-corrected chi connectivity index (χ4v) is 9.27. The van der Waals surface area contributed by atoms with Gasteiger partial charge >= 0.3 is 12.4 Å². The van der Waals surface area contributed by atoms with E-state index < -0.39 is 67.6 Å². The van der Waals surface area contributed by atoms with Crippen molar-refractivity contribution in [3.8, 4) is 0 Å². The van der Waals surface area contributed by atoms with E-state index in [1.54, 1.807) is 0 Å². The highest BCUT2D eigenvalue weighted by Gasteiger charge is 2.87. The number of halogens is 7. The number of sulfone groups is 2. The Balaban J connectivity index is 0.000000176. The van der Waals surface area contributed by atoms with E-state index in [0.29, 0.717) is 6.07 Å². The minimum Gasteiger partial charge on any atom is -0.227 e. The molecule has 174 valence electrons. The van der Waals surface area contributed by atoms with Crippen molar-refractivity contribution in [2.24, 2.45) is 0 Å². The maximum absolute atomic E-state index is 12.9. The Morgan fingerprint density at radius 2 is 1.55 bits per heavy atom. The van der Waals surface area contributed by atoms with E-state index in [-0.39, 0.29) is 6.07 Å². The Bertz CT molecular complexity index is 1160. The zero-order chi connectivity index (χ0) is 23.8. The summed E-state index contributed by atoms with van der Waals surface area (Å²) in [7, 11) is -7.26. The van der Waals surface area contributed by atoms with Gasteiger partial charge in [-0.15, -0.1) is 23.5 Å². The van der Waals surface area contributed by atoms with Gasteiger partial charge in [0, 0.05) is 17.8 Å². The quantitative estimate of drug-likeness (QED) is 0.249. The highest BCUT2D eigenvalue weighted by atomic mass is 32.3. The van der Waals surface area contributed by atoms with Crippen LogP contribution in [-0.4, -0.2) is 54.8 Å². The lowest BCUT2D eigenvalue weighted by Gasteiger charge is -2.22. The maximum atomic E-state index is 12.9. The first-order valence-corrected chi connectivity index (χ1v) is 13.7. The molecule has 2 aliphatic heterocycles. The standard InChI is InChI=1S/C8H6F4O2S.C8H7F3O2S3/c1-15(13,14)5-2-3-7(9)6(4-5)8(10,11)12;1-16(12,13)6-3-2-4-7(14-4,5(6)15-6)8(9,10)11/h2-4H,1H3;2-5H,1H3. The summed E-state index contributed by atoms with van der Waals surface area (Å²) in [5, 5.41) is -1.46. The SMILES string of the molecule is CS(=O)(=O)C12C=CC3SC3(C(F)(F)F)C1S2.CS(=O)(=O)c1ccc(F)c(C(F)(F)F)c1. The summed E-state index contributed by atoms with van der Waals surface area (Å²) in [4.78, 5) is -0.559. The van der Waals surface area contributed by atoms with Gasteiger partial charge in [-0.3, -0.25) is 0 Å². The first-order chi connectivity index (χ1) is 13.8. The van der Waals surface area contributed by atoms with Gasteiger partial charge in [-0.25, -0.2) is 21.2 Å². The summed E-state index contributed by atoms with van der Waals surface area (Å²) < 4.78 is 130. The Morgan fingerprint density at radius 1 is 0.968 bits per heavy atom. The second-order valence-electron chi connectivity index (χ2n) is 7.09. The van der Waals surface area contributed by atoms with Gasteiger partial charge in [0.1, 0.15) is 14.6 Å². The highest BCUT2D eigenvalue weighted by Crippen LogP contribution is 2.80. The summed E-state index contributed by atoms with van der Waals surface area (Å²) in [6, 6.07) is 1.56. The summed E-state index contributed by atoms with van der Waals surface area (Å²) >= 11 is 1.73. The Morgan fingerprint density at radius 3 is 2.00 bits per heavy atom. The third-order valence-electron chi connectivity index (χ3n) is 4.88. The first kappa shape index (κ1) is 24.7. The zero-order valence-electron chi connectivity index (χ0n) is 15.5. The molecule has 1 aromatic carbocycles. The molecule has 1 aliphatic carbocycles. The minimum absolute atomic E-state index is 0.282. The monoisotopic (exact) mass is 530 g/mol. The number of benzene rings is 1. The van der Waals surface area contributed by atoms with Crippen LogP contribution in [0.5, 0.6) is 0 Å². The minimum atomic E-state index is -4.90. The van der Waals surface area contributed by atoms with Crippen molar-refractivity contribution < 1.29 is 47.6 Å². The van der Waals surface area contributed by atoms with Crippen molar-refractivity contribution in [1.29, 1.82) is 0 Å². The van der Waals surface area contributed by atoms with Crippen LogP contribution in [0.25, 0.3) is 0 Å². The van der Waals surface area contributed by atoms with E-state index in [1.165, 1.54) is 12.2 Å². The van der Waals surface area contributed by atoms with Gasteiger partial charge in [0.15, 0.2) is 19.7 Å². The van der Waals surface area contributed by atoms with Crippen LogP contribution >= 0.6 is 23.5 Å². The molecule has 4 unspecified atom stereocenters. The van der Waals surface area contributed by atoms with Gasteiger partial charge in [-0.05, 0) is 18.2 Å². The number of hydrogen-bond acceptors (Lipinski definition) is 6. The van der Waals surface area contributed by atoms with Crippen molar-refractivity contribution in [3.63, 3.8) is 0 Å². The normalized spacial score (nSPS) is 31.8. The topological polar surface area (TPSA) is 68.3 Å². The third-order valence-corrected chi connectivity index (χ3v) is 12.1. The lowest BCUT2D eigenvalue weighted by molar-refractivity contribution is -0.148. The molecule has 0 bridgehead atoms. The molecule has 0 saturated carbocycles. The Hall–Kier alpha value is -0.930. The summed E-state index contributed by atoms with van der Waals surface area (Å²) in [6.07, 6.45) is -4.65. The molecule has 2 fully saturated rings. The lowest BCUT2D eigenvalue weighted by Crippen LogP contribution is -2.45. The van der Waals surface area contributed by atoms with Crippen LogP contribution in [0, 0.1) is 5.82 Å². The number of thioether (sulfide) groups is 2. The van der Waals surface area contributed by atoms with E-state index in [9.17, 15) is 47.6 Å². The Kier molecular flexibility index (Phi) is 5.61. The van der Waals surface area contributed by atoms with Crippen molar-refractivity contribution in [2.75, 3.05) is 12.5 Å². The summed E-state index contributed by atoms with van der Waals surface area (Å²) in [5.74, 6) is -1.49. The maximum Gasteiger partial charge on any atom is 0.419 e. The van der Waals surface area contributed by atoms with E-state index in [1.807, 2.05) is 0 Å². The zero-order valence-corrected chi connectivity index (χ0v) is 18.7. The van der Waals surface area contributed by atoms with Crippen LogP contribution in [-0.2, 0) is 25.9 Å². The molecular formula is C16H13F7O4S4. The first-order valence-electron chi connectivity index (χ1n) is 8.15. The molecule has 0 amide bonds. The largest absolute Gasteiger partial charge is 0.419 e. The van der Waals surface area contributed by atoms with E-state index in [4.69, 9.17) is 0 Å². The number of rotatable bonds is 2. The third kappa shape index (κ3) is 4.10. The van der Waals surface area contributed by atoms with Crippen LogP contribution in [0.1, 0.15) is 5.56 Å². The van der Waals surface area contributed by atoms with Gasteiger partial charge in [-0.1, -0.05) is 12.2 Å². The fourth-order valence-electron chi connectivity index (χ4n) is 3.19. The number of alkyl halides is 6. The van der Waals surface area contributed by atoms with Crippen molar-refractivity contribution in [1.82, 2.24) is 0 Å². The molecule has 0 spiro atoms. The molecule has 4 atom stereocenters. The van der Waals surface area contributed by atoms with E-state index >= 15 is 0 Å². The van der Waals surface area contributed by atoms with Gasteiger partial charge in [-0.2, -0.15) is 26.3 Å². The second kappa shape index (κ2) is 7.03. The fraction of sp³-hybridized carbons (Fsp3) is 0.500. The molecule has 1 aromatic rings. The second-order valence-corrected chi connectivity index (χ2v) is 14.4. The Labute approximate surface area is 181 Å². The number of hydrogen-bond donors (Lipinski definition) is 0. The van der Waals surface area contributed by atoms with Gasteiger partial charge < -0.3 is 0 Å². The molecule has 2 heterocycles. The van der Waals surface area contributed by atoms with Crippen molar-refractivity contribution in [2.45, 2.75) is 36.6 Å². The molecule has 2 saturated heterocycles. The van der Waals surface area contributed by atoms with Crippen LogP contribution in [0.15, 0.2) is 35.2 Å². The van der Waals surface area contributed by atoms with Gasteiger partial charge in [0.05, 0.1) is 15.7 Å². The predicted molar refractivity (Wildman–Crippen MR) is 103 cm³/mol. The van der Waals surface area contributed by atoms with Crippen LogP contribution < -0.4 is 0 Å². The summed E-state index contributed by atoms with van der Waals surface area (Å²) in [5.41, 5.74) is -1.58. The average molecular weight is 531 g/mol. The number of fused-ring (bicyclic) bond motifs is 3. The van der Waals surface area contributed by atoms with Gasteiger partial charge in [0.2, 0.25) is 0 Å². The van der Waals surface area contributed by atoms with Crippen LogP contribution in [0.2, 0.25) is 0 Å².